The summed E-state index contributed by atoms with van der Waals surface area (Å²) in [5, 5.41) is 2.30. The number of methoxy groups -OCH3 is 1. The molecule has 242 valence electrons. The van der Waals surface area contributed by atoms with E-state index >= 15 is 0 Å². The number of rotatable bonds is 8. The zero-order valence-electron chi connectivity index (χ0n) is 26.7. The molecule has 5 aromatic rings. The Morgan fingerprint density at radius 1 is 0.958 bits per heavy atom. The zero-order chi connectivity index (χ0) is 33.5. The highest BCUT2D eigenvalue weighted by Crippen LogP contribution is 2.42. The lowest BCUT2D eigenvalue weighted by molar-refractivity contribution is -0.139. The first-order valence-electron chi connectivity index (χ1n) is 15.8. The number of thiazole rings is 1. The second-order valence-electron chi connectivity index (χ2n) is 11.5. The highest BCUT2D eigenvalue weighted by molar-refractivity contribution is 7.07. The molecule has 10 heteroatoms. The topological polar surface area (TPSA) is 90.2 Å². The van der Waals surface area contributed by atoms with Crippen LogP contribution < -0.4 is 24.5 Å². The van der Waals surface area contributed by atoms with E-state index < -0.39 is 17.6 Å². The third-order valence-corrected chi connectivity index (χ3v) is 10.2. The molecule has 8 nitrogen and oxygen atoms in total. The largest absolute Gasteiger partial charge is 0.496 e. The van der Waals surface area contributed by atoms with Gasteiger partial charge < -0.3 is 14.4 Å². The number of nitrogens with zero attached hydrogens (tertiary/aromatic N) is 3. The Labute approximate surface area is 285 Å². The molecule has 0 saturated carbocycles. The van der Waals surface area contributed by atoms with Crippen LogP contribution in [-0.4, -0.2) is 30.2 Å². The zero-order valence-corrected chi connectivity index (χ0v) is 28.2. The standard InChI is InChI=1S/C38H32ClN3O5S/c1-4-12-27-32(37(45)47-5-2)33(30-24-15-8-6-13-22(24)19-20-29(30)46-3)42-36(44)34(48-38(42)40-27)31-25-16-9-11-18-28(25)41(35(31)43)21-23-14-7-10-17-26(23)39/h6-11,13-20,33H,4-5,12,21H2,1-3H3/b34-31+/t33-/m1/s1. The number of amides is 1. The van der Waals surface area contributed by atoms with Gasteiger partial charge in [0.15, 0.2) is 4.80 Å². The van der Waals surface area contributed by atoms with Gasteiger partial charge in [0.2, 0.25) is 0 Å². The van der Waals surface area contributed by atoms with Crippen LogP contribution in [0.25, 0.3) is 16.3 Å². The van der Waals surface area contributed by atoms with Crippen LogP contribution >= 0.6 is 22.9 Å². The predicted molar refractivity (Wildman–Crippen MR) is 188 cm³/mol. The molecule has 1 amide bonds. The summed E-state index contributed by atoms with van der Waals surface area (Å²) in [5.41, 5.74) is 3.49. The Kier molecular flexibility index (Phi) is 8.49. The lowest BCUT2D eigenvalue weighted by atomic mass is 9.90. The fraction of sp³-hybridized carbons (Fsp3) is 0.211. The molecule has 0 N–H and O–H groups in total. The van der Waals surface area contributed by atoms with E-state index in [1.807, 2.05) is 85.8 Å². The molecule has 2 aliphatic rings. The fourth-order valence-electron chi connectivity index (χ4n) is 6.63. The van der Waals surface area contributed by atoms with E-state index in [0.29, 0.717) is 56.5 Å². The summed E-state index contributed by atoms with van der Waals surface area (Å²) in [6, 6.07) is 25.5. The van der Waals surface area contributed by atoms with Crippen molar-refractivity contribution in [3.05, 3.63) is 138 Å². The minimum Gasteiger partial charge on any atom is -0.496 e. The van der Waals surface area contributed by atoms with Gasteiger partial charge in [-0.2, -0.15) is 0 Å². The average Bonchev–Trinajstić information content (AvgIpc) is 3.56. The fourth-order valence-corrected chi connectivity index (χ4v) is 7.94. The van der Waals surface area contributed by atoms with E-state index in [1.54, 1.807) is 25.0 Å². The number of hydrogen-bond donors (Lipinski definition) is 0. The van der Waals surface area contributed by atoms with Gasteiger partial charge in [0.1, 0.15) is 16.3 Å². The lowest BCUT2D eigenvalue weighted by Gasteiger charge is -2.28. The number of aromatic nitrogens is 1. The number of carbonyl (C=O) groups is 2. The van der Waals surface area contributed by atoms with E-state index in [0.717, 1.165) is 27.7 Å². The Balaban J connectivity index is 1.53. The van der Waals surface area contributed by atoms with Crippen molar-refractivity contribution in [2.45, 2.75) is 39.3 Å². The van der Waals surface area contributed by atoms with E-state index in [1.165, 1.54) is 4.57 Å². The summed E-state index contributed by atoms with van der Waals surface area (Å²) in [5.74, 6) is -0.334. The van der Waals surface area contributed by atoms with Gasteiger partial charge in [0, 0.05) is 16.1 Å². The Morgan fingerprint density at radius 3 is 2.48 bits per heavy atom. The molecule has 0 radical (unpaired) electrons. The van der Waals surface area contributed by atoms with Gasteiger partial charge in [-0.3, -0.25) is 14.2 Å². The van der Waals surface area contributed by atoms with E-state index in [-0.39, 0.29) is 29.2 Å². The summed E-state index contributed by atoms with van der Waals surface area (Å²) in [6.07, 6.45) is 1.20. The first kappa shape index (κ1) is 31.6. The monoisotopic (exact) mass is 677 g/mol. The number of halogens is 1. The van der Waals surface area contributed by atoms with Crippen LogP contribution in [0.4, 0.5) is 5.69 Å². The molecule has 1 aromatic heterocycles. The predicted octanol–water partition coefficient (Wildman–Crippen LogP) is 6.31. The Morgan fingerprint density at radius 2 is 1.71 bits per heavy atom. The van der Waals surface area contributed by atoms with Crippen LogP contribution in [0.1, 0.15) is 49.4 Å². The maximum atomic E-state index is 14.9. The van der Waals surface area contributed by atoms with Crippen LogP contribution in [0.15, 0.2) is 106 Å². The van der Waals surface area contributed by atoms with Crippen molar-refractivity contribution in [3.63, 3.8) is 0 Å². The minimum atomic E-state index is -0.914. The van der Waals surface area contributed by atoms with Crippen LogP contribution in [-0.2, 0) is 20.9 Å². The van der Waals surface area contributed by atoms with Crippen molar-refractivity contribution >= 4 is 56.8 Å². The van der Waals surface area contributed by atoms with Crippen molar-refractivity contribution in [2.75, 3.05) is 18.6 Å². The van der Waals surface area contributed by atoms with Crippen molar-refractivity contribution in [3.8, 4) is 5.75 Å². The highest BCUT2D eigenvalue weighted by atomic mass is 35.5. The summed E-state index contributed by atoms with van der Waals surface area (Å²) >= 11 is 7.66. The molecule has 0 spiro atoms. The molecule has 0 bridgehead atoms. The molecular weight excluding hydrogens is 646 g/mol. The molecule has 2 aliphatic heterocycles. The quantitative estimate of drug-likeness (QED) is 0.180. The number of para-hydroxylation sites is 1. The van der Waals surface area contributed by atoms with Crippen molar-refractivity contribution in [1.82, 2.24) is 4.57 Å². The number of esters is 1. The average molecular weight is 678 g/mol. The van der Waals surface area contributed by atoms with E-state index in [4.69, 9.17) is 26.1 Å². The molecular formula is C38H32ClN3O5S. The molecule has 0 aliphatic carbocycles. The van der Waals surface area contributed by atoms with Gasteiger partial charge in [-0.15, -0.1) is 0 Å². The summed E-state index contributed by atoms with van der Waals surface area (Å²) in [6.45, 7) is 4.15. The van der Waals surface area contributed by atoms with E-state index in [9.17, 15) is 14.4 Å². The summed E-state index contributed by atoms with van der Waals surface area (Å²) in [4.78, 5) is 50.1. The Bertz CT molecular complexity index is 2340. The van der Waals surface area contributed by atoms with Crippen LogP contribution in [0, 0.1) is 0 Å². The first-order chi connectivity index (χ1) is 23.4. The van der Waals surface area contributed by atoms with Crippen LogP contribution in [0.3, 0.4) is 0 Å². The number of ether oxygens (including phenoxy) is 2. The Hall–Kier alpha value is -4.99. The first-order valence-corrected chi connectivity index (χ1v) is 17.0. The van der Waals surface area contributed by atoms with E-state index in [2.05, 4.69) is 0 Å². The molecule has 1 atom stereocenters. The van der Waals surface area contributed by atoms with Crippen molar-refractivity contribution in [1.29, 1.82) is 0 Å². The SMILES string of the molecule is CCCC1=C(C(=O)OCC)[C@@H](c2c(OC)ccc3ccccc23)n2c(s/c(=C3/C(=O)N(Cc4ccccc4Cl)c4ccccc43)c2=O)=N1. The second kappa shape index (κ2) is 12.9. The number of fused-ring (bicyclic) bond motifs is 3. The number of anilines is 1. The highest BCUT2D eigenvalue weighted by Gasteiger charge is 2.39. The molecule has 0 fully saturated rings. The molecule has 3 heterocycles. The molecule has 7 rings (SSSR count). The van der Waals surface area contributed by atoms with Crippen molar-refractivity contribution in [2.24, 2.45) is 4.99 Å². The summed E-state index contributed by atoms with van der Waals surface area (Å²) < 4.78 is 13.3. The normalized spacial score (nSPS) is 16.5. The number of allylic oxidation sites excluding steroid dienone is 1. The number of carbonyl (C=O) groups excluding carboxylic acids is 2. The van der Waals surface area contributed by atoms with Gasteiger partial charge in [-0.05, 0) is 47.9 Å². The third-order valence-electron chi connectivity index (χ3n) is 8.73. The third kappa shape index (κ3) is 5.14. The molecule has 0 unspecified atom stereocenters. The number of benzene rings is 4. The minimum absolute atomic E-state index is 0.155. The van der Waals surface area contributed by atoms with Gasteiger partial charge >= 0.3 is 5.97 Å². The molecule has 4 aromatic carbocycles. The van der Waals surface area contributed by atoms with Crippen molar-refractivity contribution < 1.29 is 19.1 Å². The van der Waals surface area contributed by atoms with Gasteiger partial charge in [0.05, 0.1) is 42.8 Å². The lowest BCUT2D eigenvalue weighted by Crippen LogP contribution is -2.41. The van der Waals surface area contributed by atoms with Crippen LogP contribution in [0.5, 0.6) is 5.75 Å². The second-order valence-corrected chi connectivity index (χ2v) is 12.9. The van der Waals surface area contributed by atoms with Gasteiger partial charge in [0.25, 0.3) is 11.5 Å². The summed E-state index contributed by atoms with van der Waals surface area (Å²) in [7, 11) is 1.57. The maximum Gasteiger partial charge on any atom is 0.338 e. The van der Waals surface area contributed by atoms with Gasteiger partial charge in [-0.1, -0.05) is 103 Å². The van der Waals surface area contributed by atoms with Crippen LogP contribution in [0.2, 0.25) is 5.02 Å². The number of hydrogen-bond acceptors (Lipinski definition) is 7. The maximum absolute atomic E-state index is 14.9. The van der Waals surface area contributed by atoms with Gasteiger partial charge in [-0.25, -0.2) is 9.79 Å². The molecule has 0 saturated heterocycles. The smallest absolute Gasteiger partial charge is 0.338 e. The molecule has 48 heavy (non-hydrogen) atoms.